The standard InChI is InChI=1S/C26H23ClF7N7O2/c1-3-21(42)37-17-10-18(20(43-24(30)31)11-19(17)41-6-4-40(2)5-7-41)38-25-35-12-14(26(32,33)34)23(39-25)36-13-8-15(28)22(27)16(29)9-13/h3,8-12,24H,1,4-7H2,2H3,(H,37,42)(H2,35,36,38,39). The number of hydrogen-bond acceptors (Lipinski definition) is 8. The van der Waals surface area contributed by atoms with E-state index < -0.39 is 64.1 Å². The number of ether oxygens (including phenoxy) is 1. The molecule has 1 aliphatic rings. The Kier molecular flexibility index (Phi) is 9.49. The van der Waals surface area contributed by atoms with Crippen molar-refractivity contribution in [1.29, 1.82) is 0 Å². The van der Waals surface area contributed by atoms with Crippen LogP contribution in [0.1, 0.15) is 5.56 Å². The molecule has 4 rings (SSSR count). The van der Waals surface area contributed by atoms with Gasteiger partial charge in [-0.25, -0.2) is 13.8 Å². The fourth-order valence-electron chi connectivity index (χ4n) is 4.08. The molecular formula is C26H23ClF7N7O2. The zero-order valence-electron chi connectivity index (χ0n) is 22.2. The number of amides is 1. The summed E-state index contributed by atoms with van der Waals surface area (Å²) >= 11 is 5.45. The molecule has 1 aliphatic heterocycles. The van der Waals surface area contributed by atoms with Crippen LogP contribution in [0.3, 0.4) is 0 Å². The Morgan fingerprint density at radius 2 is 1.72 bits per heavy atom. The molecule has 0 unspecified atom stereocenters. The van der Waals surface area contributed by atoms with Gasteiger partial charge in [-0.1, -0.05) is 18.2 Å². The fourth-order valence-corrected chi connectivity index (χ4v) is 4.19. The highest BCUT2D eigenvalue weighted by atomic mass is 35.5. The van der Waals surface area contributed by atoms with Crippen molar-refractivity contribution < 1.29 is 40.3 Å². The molecule has 1 fully saturated rings. The zero-order chi connectivity index (χ0) is 31.5. The predicted octanol–water partition coefficient (Wildman–Crippen LogP) is 6.39. The Morgan fingerprint density at radius 3 is 2.30 bits per heavy atom. The average molecular weight is 634 g/mol. The Bertz CT molecular complexity index is 1490. The summed E-state index contributed by atoms with van der Waals surface area (Å²) in [5, 5.41) is 6.43. The smallest absolute Gasteiger partial charge is 0.421 e. The van der Waals surface area contributed by atoms with E-state index in [1.165, 1.54) is 12.1 Å². The van der Waals surface area contributed by atoms with Gasteiger partial charge in [0.25, 0.3) is 0 Å². The van der Waals surface area contributed by atoms with Gasteiger partial charge in [0.2, 0.25) is 11.9 Å². The van der Waals surface area contributed by atoms with Crippen LogP contribution in [0.5, 0.6) is 5.75 Å². The molecule has 3 N–H and O–H groups in total. The highest BCUT2D eigenvalue weighted by molar-refractivity contribution is 6.31. The van der Waals surface area contributed by atoms with Crippen molar-refractivity contribution in [2.45, 2.75) is 12.8 Å². The summed E-state index contributed by atoms with van der Waals surface area (Å²) in [6.45, 7) is 2.34. The molecule has 0 bridgehead atoms. The van der Waals surface area contributed by atoms with Crippen LogP contribution in [-0.4, -0.2) is 60.6 Å². The maximum absolute atomic E-state index is 13.9. The number of halogens is 8. The lowest BCUT2D eigenvalue weighted by Crippen LogP contribution is -2.44. The number of hydrogen-bond donors (Lipinski definition) is 3. The quantitative estimate of drug-likeness (QED) is 0.142. The number of likely N-dealkylation sites (N-methyl/N-ethyl adjacent to an activating group) is 1. The van der Waals surface area contributed by atoms with Crippen LogP contribution in [-0.2, 0) is 11.0 Å². The second-order valence-corrected chi connectivity index (χ2v) is 9.56. The molecule has 0 saturated carbocycles. The average Bonchev–Trinajstić information content (AvgIpc) is 2.92. The number of piperazine rings is 1. The van der Waals surface area contributed by atoms with Gasteiger partial charge < -0.3 is 30.5 Å². The molecule has 0 radical (unpaired) electrons. The van der Waals surface area contributed by atoms with E-state index in [-0.39, 0.29) is 11.4 Å². The van der Waals surface area contributed by atoms with Crippen LogP contribution in [0, 0.1) is 11.6 Å². The molecule has 0 aliphatic carbocycles. The Hall–Kier alpha value is -4.31. The lowest BCUT2D eigenvalue weighted by Gasteiger charge is -2.35. The number of alkyl halides is 5. The number of carbonyl (C=O) groups excluding carboxylic acids is 1. The highest BCUT2D eigenvalue weighted by Gasteiger charge is 2.35. The first-order valence-corrected chi connectivity index (χ1v) is 12.8. The first-order valence-electron chi connectivity index (χ1n) is 12.4. The highest BCUT2D eigenvalue weighted by Crippen LogP contribution is 2.41. The Labute approximate surface area is 245 Å². The first-order chi connectivity index (χ1) is 20.2. The van der Waals surface area contributed by atoms with E-state index in [0.29, 0.717) is 50.2 Å². The third-order valence-electron chi connectivity index (χ3n) is 6.19. The van der Waals surface area contributed by atoms with Crippen molar-refractivity contribution in [2.75, 3.05) is 54.1 Å². The molecule has 1 saturated heterocycles. The number of carbonyl (C=O) groups is 1. The second kappa shape index (κ2) is 12.9. The van der Waals surface area contributed by atoms with E-state index in [4.69, 9.17) is 11.6 Å². The molecule has 2 aromatic carbocycles. The Balaban J connectivity index is 1.78. The summed E-state index contributed by atoms with van der Waals surface area (Å²) in [6.07, 6.45) is -3.63. The van der Waals surface area contributed by atoms with E-state index in [1.807, 2.05) is 16.8 Å². The number of rotatable bonds is 9. The molecular weight excluding hydrogens is 611 g/mol. The number of nitrogens with one attached hydrogen (secondary N) is 3. The van der Waals surface area contributed by atoms with Crippen LogP contribution in [0.15, 0.2) is 43.1 Å². The van der Waals surface area contributed by atoms with Crippen molar-refractivity contribution >= 4 is 52.0 Å². The van der Waals surface area contributed by atoms with Crippen LogP contribution in [0.4, 0.5) is 65.2 Å². The third-order valence-corrected chi connectivity index (χ3v) is 6.55. The SMILES string of the molecule is C=CC(=O)Nc1cc(Nc2ncc(C(F)(F)F)c(Nc3cc(F)c(Cl)c(F)c3)n2)c(OC(F)F)cc1N1CCN(C)CC1. The van der Waals surface area contributed by atoms with Gasteiger partial charge in [-0.05, 0) is 31.3 Å². The van der Waals surface area contributed by atoms with E-state index >= 15 is 0 Å². The number of nitrogens with zero attached hydrogens (tertiary/aromatic N) is 4. The van der Waals surface area contributed by atoms with Gasteiger partial charge in [0, 0.05) is 44.1 Å². The minimum Gasteiger partial charge on any atom is -0.433 e. The topological polar surface area (TPSA) is 94.6 Å². The van der Waals surface area contributed by atoms with Gasteiger partial charge in [-0.2, -0.15) is 26.9 Å². The molecule has 2 heterocycles. The Morgan fingerprint density at radius 1 is 1.07 bits per heavy atom. The maximum atomic E-state index is 13.9. The zero-order valence-corrected chi connectivity index (χ0v) is 23.0. The molecule has 17 heteroatoms. The van der Waals surface area contributed by atoms with E-state index in [0.717, 1.165) is 6.08 Å². The fraction of sp³-hybridized carbons (Fsp3) is 0.269. The van der Waals surface area contributed by atoms with Crippen LogP contribution >= 0.6 is 11.6 Å². The summed E-state index contributed by atoms with van der Waals surface area (Å²) in [6, 6.07) is 3.77. The van der Waals surface area contributed by atoms with Gasteiger partial charge in [-0.15, -0.1) is 0 Å². The molecule has 1 aromatic heterocycles. The molecule has 0 spiro atoms. The minimum atomic E-state index is -5.00. The van der Waals surface area contributed by atoms with Crippen LogP contribution < -0.4 is 25.6 Å². The normalized spacial score (nSPS) is 14.0. The summed E-state index contributed by atoms with van der Waals surface area (Å²) in [4.78, 5) is 23.5. The van der Waals surface area contributed by atoms with Crippen LogP contribution in [0.2, 0.25) is 5.02 Å². The predicted molar refractivity (Wildman–Crippen MR) is 147 cm³/mol. The number of benzene rings is 2. The third kappa shape index (κ3) is 7.75. The first kappa shape index (κ1) is 31.6. The summed E-state index contributed by atoms with van der Waals surface area (Å²) in [5.41, 5.74) is -1.61. The second-order valence-electron chi connectivity index (χ2n) is 9.19. The van der Waals surface area contributed by atoms with Crippen molar-refractivity contribution in [3.05, 3.63) is 65.3 Å². The van der Waals surface area contributed by atoms with Crippen molar-refractivity contribution in [3.63, 3.8) is 0 Å². The molecule has 3 aromatic rings. The number of anilines is 6. The van der Waals surface area contributed by atoms with Gasteiger partial charge in [0.1, 0.15) is 28.0 Å². The van der Waals surface area contributed by atoms with Crippen LogP contribution in [0.25, 0.3) is 0 Å². The molecule has 230 valence electrons. The van der Waals surface area contributed by atoms with Gasteiger partial charge >= 0.3 is 12.8 Å². The molecule has 43 heavy (non-hydrogen) atoms. The summed E-state index contributed by atoms with van der Waals surface area (Å²) in [7, 11) is 1.91. The largest absolute Gasteiger partial charge is 0.433 e. The minimum absolute atomic E-state index is 0.149. The van der Waals surface area contributed by atoms with E-state index in [9.17, 15) is 35.5 Å². The molecule has 1 amide bonds. The van der Waals surface area contributed by atoms with Gasteiger partial charge in [-0.3, -0.25) is 4.79 Å². The van der Waals surface area contributed by atoms with Crippen molar-refractivity contribution in [1.82, 2.24) is 14.9 Å². The lowest BCUT2D eigenvalue weighted by molar-refractivity contribution is -0.137. The summed E-state index contributed by atoms with van der Waals surface area (Å²) in [5.74, 6) is -5.00. The number of aromatic nitrogens is 2. The van der Waals surface area contributed by atoms with Gasteiger partial charge in [0.05, 0.1) is 17.1 Å². The van der Waals surface area contributed by atoms with E-state index in [1.54, 1.807) is 0 Å². The van der Waals surface area contributed by atoms with E-state index in [2.05, 4.69) is 37.2 Å². The molecule has 0 atom stereocenters. The maximum Gasteiger partial charge on any atom is 0.421 e. The lowest BCUT2D eigenvalue weighted by atomic mass is 10.1. The van der Waals surface area contributed by atoms with Crippen molar-refractivity contribution in [3.8, 4) is 5.75 Å². The molecule has 9 nitrogen and oxygen atoms in total. The van der Waals surface area contributed by atoms with Gasteiger partial charge in [0.15, 0.2) is 5.75 Å². The monoisotopic (exact) mass is 633 g/mol. The van der Waals surface area contributed by atoms with Crippen molar-refractivity contribution in [2.24, 2.45) is 0 Å². The summed E-state index contributed by atoms with van der Waals surface area (Å²) < 4.78 is 101.